The molecule has 4 aromatic rings. The summed E-state index contributed by atoms with van der Waals surface area (Å²) >= 11 is 6.14. The number of anilines is 2. The molecule has 0 N–H and O–H groups in total. The van der Waals surface area contributed by atoms with Crippen molar-refractivity contribution in [3.05, 3.63) is 77.8 Å². The third-order valence-electron chi connectivity index (χ3n) is 5.26. The molecule has 1 saturated heterocycles. The second kappa shape index (κ2) is 7.37. The monoisotopic (exact) mass is 407 g/mol. The van der Waals surface area contributed by atoms with Crippen LogP contribution in [0, 0.1) is 5.82 Å². The molecule has 0 saturated carbocycles. The maximum atomic E-state index is 13.2. The lowest BCUT2D eigenvalue weighted by molar-refractivity contribution is 0.624. The molecular weight excluding hydrogens is 389 g/mol. The van der Waals surface area contributed by atoms with Crippen LogP contribution in [0.5, 0.6) is 0 Å². The Bertz CT molecular complexity index is 1150. The van der Waals surface area contributed by atoms with Crippen molar-refractivity contribution in [3.8, 4) is 11.3 Å². The number of halogens is 2. The largest absolute Gasteiger partial charge is 0.368 e. The highest BCUT2D eigenvalue weighted by molar-refractivity contribution is 6.30. The van der Waals surface area contributed by atoms with Crippen LogP contribution in [-0.2, 0) is 0 Å². The summed E-state index contributed by atoms with van der Waals surface area (Å²) in [6.07, 6.45) is 3.64. The summed E-state index contributed by atoms with van der Waals surface area (Å²) in [5, 5.41) is 5.39. The first-order valence-electron chi connectivity index (χ1n) is 9.53. The second-order valence-corrected chi connectivity index (χ2v) is 7.51. The Labute approximate surface area is 173 Å². The molecule has 0 bridgehead atoms. The smallest absolute Gasteiger partial charge is 0.154 e. The van der Waals surface area contributed by atoms with Gasteiger partial charge in [-0.2, -0.15) is 5.10 Å². The zero-order valence-corrected chi connectivity index (χ0v) is 16.4. The fourth-order valence-electron chi connectivity index (χ4n) is 3.77. The van der Waals surface area contributed by atoms with E-state index >= 15 is 0 Å². The van der Waals surface area contributed by atoms with E-state index in [0.717, 1.165) is 54.5 Å². The number of hydrogen-bond acceptors (Lipinski definition) is 4. The molecule has 3 heterocycles. The molecule has 0 atom stereocenters. The third kappa shape index (κ3) is 3.51. The van der Waals surface area contributed by atoms with Gasteiger partial charge in [0, 0.05) is 54.8 Å². The number of fused-ring (bicyclic) bond motifs is 1. The fraction of sp³-hybridized carbons (Fsp3) is 0.182. The van der Waals surface area contributed by atoms with Crippen molar-refractivity contribution < 1.29 is 4.39 Å². The average Bonchev–Trinajstić information content (AvgIpc) is 3.19. The van der Waals surface area contributed by atoms with Gasteiger partial charge in [0.2, 0.25) is 0 Å². The third-order valence-corrected chi connectivity index (χ3v) is 5.50. The van der Waals surface area contributed by atoms with E-state index in [0.29, 0.717) is 5.02 Å². The minimum atomic E-state index is -0.209. The van der Waals surface area contributed by atoms with Crippen LogP contribution in [-0.4, -0.2) is 40.8 Å². The first-order chi connectivity index (χ1) is 14.2. The van der Waals surface area contributed by atoms with Crippen LogP contribution in [0.4, 0.5) is 15.9 Å². The van der Waals surface area contributed by atoms with Crippen LogP contribution in [0.15, 0.2) is 67.0 Å². The Kier molecular flexibility index (Phi) is 4.56. The van der Waals surface area contributed by atoms with Crippen molar-refractivity contribution in [2.24, 2.45) is 0 Å². The van der Waals surface area contributed by atoms with Crippen molar-refractivity contribution >= 4 is 28.6 Å². The quantitative estimate of drug-likeness (QED) is 0.500. The van der Waals surface area contributed by atoms with Gasteiger partial charge in [-0.15, -0.1) is 0 Å². The molecule has 0 radical (unpaired) electrons. The molecule has 0 unspecified atom stereocenters. The van der Waals surface area contributed by atoms with Crippen LogP contribution < -0.4 is 9.80 Å². The number of rotatable bonds is 3. The molecule has 2 aromatic carbocycles. The van der Waals surface area contributed by atoms with Gasteiger partial charge in [-0.05, 0) is 42.5 Å². The van der Waals surface area contributed by atoms with Crippen LogP contribution >= 0.6 is 11.6 Å². The molecule has 1 fully saturated rings. The standard InChI is InChI=1S/C22H19ClFN5/c23-17-3-1-2-16(14-17)20-15-21-22(25-8-9-29(21)26-20)28-12-10-27(11-13-28)19-6-4-18(24)5-7-19/h1-9,14-15H,10-13H2. The summed E-state index contributed by atoms with van der Waals surface area (Å²) in [7, 11) is 0. The van der Waals surface area contributed by atoms with Gasteiger partial charge in [-0.1, -0.05) is 23.7 Å². The predicted molar refractivity (Wildman–Crippen MR) is 114 cm³/mol. The summed E-state index contributed by atoms with van der Waals surface area (Å²) in [5.41, 5.74) is 3.86. The van der Waals surface area contributed by atoms with Crippen molar-refractivity contribution in [1.82, 2.24) is 14.6 Å². The molecule has 7 heteroatoms. The Morgan fingerprint density at radius 2 is 1.66 bits per heavy atom. The predicted octanol–water partition coefficient (Wildman–Crippen LogP) is 4.52. The van der Waals surface area contributed by atoms with Gasteiger partial charge in [0.15, 0.2) is 5.82 Å². The van der Waals surface area contributed by atoms with E-state index in [2.05, 4.69) is 20.9 Å². The average molecular weight is 408 g/mol. The summed E-state index contributed by atoms with van der Waals surface area (Å²) in [5.74, 6) is 0.714. The van der Waals surface area contributed by atoms with E-state index in [-0.39, 0.29) is 5.82 Å². The van der Waals surface area contributed by atoms with Crippen molar-refractivity contribution in [2.75, 3.05) is 36.0 Å². The summed E-state index contributed by atoms with van der Waals surface area (Å²) in [4.78, 5) is 9.18. The van der Waals surface area contributed by atoms with Gasteiger partial charge in [0.25, 0.3) is 0 Å². The number of nitrogens with zero attached hydrogens (tertiary/aromatic N) is 5. The molecule has 0 aliphatic carbocycles. The van der Waals surface area contributed by atoms with E-state index in [1.165, 1.54) is 12.1 Å². The molecule has 0 spiro atoms. The molecular formula is C22H19ClFN5. The molecule has 29 heavy (non-hydrogen) atoms. The topological polar surface area (TPSA) is 36.7 Å². The van der Waals surface area contributed by atoms with E-state index in [1.54, 1.807) is 6.20 Å². The lowest BCUT2D eigenvalue weighted by Crippen LogP contribution is -2.47. The SMILES string of the molecule is Fc1ccc(N2CCN(c3nccn4nc(-c5cccc(Cl)c5)cc34)CC2)cc1. The van der Waals surface area contributed by atoms with Gasteiger partial charge in [-0.25, -0.2) is 13.9 Å². The molecule has 5 nitrogen and oxygen atoms in total. The number of hydrogen-bond donors (Lipinski definition) is 0. The Hall–Kier alpha value is -3.12. The molecule has 5 rings (SSSR count). The maximum Gasteiger partial charge on any atom is 0.154 e. The summed E-state index contributed by atoms with van der Waals surface area (Å²) in [6.45, 7) is 3.37. The van der Waals surface area contributed by atoms with Gasteiger partial charge in [0.05, 0.1) is 5.69 Å². The molecule has 2 aromatic heterocycles. The fourth-order valence-corrected chi connectivity index (χ4v) is 3.96. The van der Waals surface area contributed by atoms with Crippen LogP contribution in [0.25, 0.3) is 16.8 Å². The van der Waals surface area contributed by atoms with Crippen LogP contribution in [0.2, 0.25) is 5.02 Å². The lowest BCUT2D eigenvalue weighted by atomic mass is 10.1. The first kappa shape index (κ1) is 17.9. The molecule has 1 aliphatic heterocycles. The highest BCUT2D eigenvalue weighted by atomic mass is 35.5. The van der Waals surface area contributed by atoms with Gasteiger partial charge in [0.1, 0.15) is 11.3 Å². The zero-order valence-electron chi connectivity index (χ0n) is 15.7. The molecule has 0 amide bonds. The maximum absolute atomic E-state index is 13.2. The molecule has 1 aliphatic rings. The Balaban J connectivity index is 1.40. The minimum absolute atomic E-state index is 0.209. The van der Waals surface area contributed by atoms with Crippen molar-refractivity contribution in [2.45, 2.75) is 0 Å². The summed E-state index contributed by atoms with van der Waals surface area (Å²) in [6, 6.07) is 16.4. The summed E-state index contributed by atoms with van der Waals surface area (Å²) < 4.78 is 15.0. The van der Waals surface area contributed by atoms with Gasteiger partial charge in [-0.3, -0.25) is 0 Å². The van der Waals surface area contributed by atoms with Crippen molar-refractivity contribution in [1.29, 1.82) is 0 Å². The highest BCUT2D eigenvalue weighted by Gasteiger charge is 2.21. The van der Waals surface area contributed by atoms with Gasteiger partial charge < -0.3 is 9.80 Å². The number of aromatic nitrogens is 3. The lowest BCUT2D eigenvalue weighted by Gasteiger charge is -2.36. The second-order valence-electron chi connectivity index (χ2n) is 7.07. The normalized spacial score (nSPS) is 14.6. The first-order valence-corrected chi connectivity index (χ1v) is 9.91. The van der Waals surface area contributed by atoms with Crippen LogP contribution in [0.1, 0.15) is 0 Å². The van der Waals surface area contributed by atoms with Crippen molar-refractivity contribution in [3.63, 3.8) is 0 Å². The van der Waals surface area contributed by atoms with E-state index in [4.69, 9.17) is 16.7 Å². The number of piperazine rings is 1. The van der Waals surface area contributed by atoms with E-state index in [1.807, 2.05) is 47.1 Å². The minimum Gasteiger partial charge on any atom is -0.368 e. The van der Waals surface area contributed by atoms with Gasteiger partial charge >= 0.3 is 0 Å². The highest BCUT2D eigenvalue weighted by Crippen LogP contribution is 2.27. The van der Waals surface area contributed by atoms with E-state index in [9.17, 15) is 4.39 Å². The Morgan fingerprint density at radius 3 is 2.41 bits per heavy atom. The zero-order chi connectivity index (χ0) is 19.8. The molecule has 146 valence electrons. The Morgan fingerprint density at radius 1 is 0.897 bits per heavy atom. The van der Waals surface area contributed by atoms with Crippen LogP contribution in [0.3, 0.4) is 0 Å². The van der Waals surface area contributed by atoms with E-state index < -0.39 is 0 Å². The number of benzene rings is 2.